The number of piperidine rings is 1. The Morgan fingerprint density at radius 1 is 1.33 bits per heavy atom. The smallest absolute Gasteiger partial charge is 0.267 e. The summed E-state index contributed by atoms with van der Waals surface area (Å²) in [5.74, 6) is -0.540. The Morgan fingerprint density at radius 2 is 2.04 bits per heavy atom. The van der Waals surface area contributed by atoms with Crippen molar-refractivity contribution < 1.29 is 10.0 Å². The number of nitrogens with one attached hydrogen (secondary N) is 4. The number of anilines is 1. The van der Waals surface area contributed by atoms with Gasteiger partial charge in [-0.3, -0.25) is 10.0 Å². The number of likely N-dealkylation sites (N-methyl/N-ethyl adjacent to an activating group) is 1. The predicted octanol–water partition coefficient (Wildman–Crippen LogP) is 1.91. The summed E-state index contributed by atoms with van der Waals surface area (Å²) >= 11 is 0. The number of nitrogens with zero attached hydrogens (tertiary/aromatic N) is 1. The number of hydrogen-bond acceptors (Lipinski definition) is 6. The van der Waals surface area contributed by atoms with E-state index in [-0.39, 0.29) is 0 Å². The second-order valence-electron chi connectivity index (χ2n) is 6.61. The molecule has 1 heterocycles. The van der Waals surface area contributed by atoms with Crippen LogP contribution in [0.25, 0.3) is 6.08 Å². The highest BCUT2D eigenvalue weighted by molar-refractivity contribution is 5.92. The van der Waals surface area contributed by atoms with E-state index in [1.54, 1.807) is 18.5 Å². The Hall–Kier alpha value is -2.64. The van der Waals surface area contributed by atoms with Gasteiger partial charge in [-0.15, -0.1) is 0 Å². The van der Waals surface area contributed by atoms with E-state index in [1.807, 2.05) is 31.3 Å². The van der Waals surface area contributed by atoms with Crippen LogP contribution in [0.4, 0.5) is 5.69 Å². The molecule has 0 spiro atoms. The summed E-state index contributed by atoms with van der Waals surface area (Å²) < 4.78 is 0. The second kappa shape index (κ2) is 10.5. The first kappa shape index (κ1) is 20.7. The van der Waals surface area contributed by atoms with Gasteiger partial charge in [-0.2, -0.15) is 0 Å². The molecule has 27 heavy (non-hydrogen) atoms. The number of benzene rings is 1. The average Bonchev–Trinajstić information content (AvgIpc) is 2.69. The van der Waals surface area contributed by atoms with Crippen LogP contribution < -0.4 is 21.0 Å². The zero-order valence-corrected chi connectivity index (χ0v) is 16.0. The highest BCUT2D eigenvalue weighted by Crippen LogP contribution is 2.25. The van der Waals surface area contributed by atoms with Crippen molar-refractivity contribution in [3.05, 3.63) is 47.7 Å². The summed E-state index contributed by atoms with van der Waals surface area (Å²) in [5.41, 5.74) is 5.21. The first-order chi connectivity index (χ1) is 13.0. The molecule has 0 aliphatic carbocycles. The summed E-state index contributed by atoms with van der Waals surface area (Å²) in [5, 5.41) is 22.9. The van der Waals surface area contributed by atoms with Gasteiger partial charge >= 0.3 is 0 Å². The minimum atomic E-state index is -0.540. The van der Waals surface area contributed by atoms with Crippen LogP contribution >= 0.6 is 0 Å². The highest BCUT2D eigenvalue weighted by atomic mass is 16.5. The zero-order valence-electron chi connectivity index (χ0n) is 16.0. The summed E-state index contributed by atoms with van der Waals surface area (Å²) in [6.07, 6.45) is 6.93. The van der Waals surface area contributed by atoms with Gasteiger partial charge in [0, 0.05) is 55.9 Å². The zero-order chi connectivity index (χ0) is 19.6. The van der Waals surface area contributed by atoms with Crippen molar-refractivity contribution in [1.82, 2.24) is 16.1 Å². The van der Waals surface area contributed by atoms with E-state index in [0.717, 1.165) is 49.4 Å². The van der Waals surface area contributed by atoms with Crippen molar-refractivity contribution in [2.75, 3.05) is 31.6 Å². The molecule has 2 rings (SSSR count). The van der Waals surface area contributed by atoms with Crippen LogP contribution in [0, 0.1) is 5.41 Å². The summed E-state index contributed by atoms with van der Waals surface area (Å²) in [7, 11) is 1.88. The molecule has 1 aliphatic heterocycles. The van der Waals surface area contributed by atoms with Crippen LogP contribution in [0.1, 0.15) is 25.3 Å². The van der Waals surface area contributed by atoms with E-state index in [2.05, 4.69) is 21.6 Å². The van der Waals surface area contributed by atoms with Crippen LogP contribution in [-0.2, 0) is 4.79 Å². The van der Waals surface area contributed by atoms with Gasteiger partial charge in [0.1, 0.15) is 0 Å². The molecule has 0 atom stereocenters. The predicted molar refractivity (Wildman–Crippen MR) is 109 cm³/mol. The molecule has 5 N–H and O–H groups in total. The van der Waals surface area contributed by atoms with Gasteiger partial charge in [0.05, 0.1) is 0 Å². The Bertz CT molecular complexity index is 706. The fraction of sp³-hybridized carbons (Fsp3) is 0.400. The monoisotopic (exact) mass is 371 g/mol. The number of amides is 1. The lowest BCUT2D eigenvalue weighted by Gasteiger charge is -2.35. The first-order valence-corrected chi connectivity index (χ1v) is 9.16. The topological polar surface area (TPSA) is 100 Å². The molecular formula is C20H29N5O2. The fourth-order valence-corrected chi connectivity index (χ4v) is 3.17. The number of carbonyl (C=O) groups excluding carboxylic acids is 1. The first-order valence-electron chi connectivity index (χ1n) is 9.16. The number of allylic oxidation sites excluding steroid dienone is 1. The van der Waals surface area contributed by atoms with Crippen LogP contribution in [-0.4, -0.2) is 49.5 Å². The molecule has 1 aliphatic rings. The van der Waals surface area contributed by atoms with Gasteiger partial charge in [0.2, 0.25) is 0 Å². The quantitative estimate of drug-likeness (QED) is 0.208. The van der Waals surface area contributed by atoms with E-state index in [9.17, 15) is 4.79 Å². The van der Waals surface area contributed by atoms with Crippen LogP contribution in [0.5, 0.6) is 0 Å². The summed E-state index contributed by atoms with van der Waals surface area (Å²) in [4.78, 5) is 13.6. The number of carbonyl (C=O) groups is 1. The molecule has 1 saturated heterocycles. The molecule has 0 bridgehead atoms. The Labute approximate surface area is 160 Å². The maximum atomic E-state index is 11.2. The molecule has 146 valence electrons. The van der Waals surface area contributed by atoms with Gasteiger partial charge in [-0.1, -0.05) is 18.2 Å². The summed E-state index contributed by atoms with van der Waals surface area (Å²) in [6, 6.07) is 8.38. The molecule has 0 saturated carbocycles. The Balaban J connectivity index is 1.93. The third-order valence-electron chi connectivity index (χ3n) is 4.59. The molecular weight excluding hydrogens is 342 g/mol. The highest BCUT2D eigenvalue weighted by Gasteiger charge is 2.20. The molecule has 7 heteroatoms. The largest absolute Gasteiger partial charge is 0.390 e. The van der Waals surface area contributed by atoms with Gasteiger partial charge in [-0.05, 0) is 43.5 Å². The normalized spacial score (nSPS) is 15.8. The molecule has 1 aromatic rings. The SMILES string of the molecule is CN/C(=C\C(C)=N)CNC1CCN(c2ccccc2/C=C/C(=O)NO)CC1. The van der Waals surface area contributed by atoms with Crippen molar-refractivity contribution in [3.63, 3.8) is 0 Å². The van der Waals surface area contributed by atoms with Crippen molar-refractivity contribution >= 4 is 23.4 Å². The molecule has 0 aromatic heterocycles. The Kier molecular flexibility index (Phi) is 8.03. The molecule has 1 aromatic carbocycles. The van der Waals surface area contributed by atoms with Crippen molar-refractivity contribution in [3.8, 4) is 0 Å². The minimum absolute atomic E-state index is 0.437. The van der Waals surface area contributed by atoms with E-state index in [0.29, 0.717) is 11.8 Å². The van der Waals surface area contributed by atoms with E-state index in [4.69, 9.17) is 10.6 Å². The minimum Gasteiger partial charge on any atom is -0.390 e. The maximum absolute atomic E-state index is 11.2. The van der Waals surface area contributed by atoms with Crippen LogP contribution in [0.3, 0.4) is 0 Å². The molecule has 1 fully saturated rings. The lowest BCUT2D eigenvalue weighted by atomic mass is 10.0. The number of hydrogen-bond donors (Lipinski definition) is 5. The average molecular weight is 371 g/mol. The number of rotatable bonds is 8. The fourth-order valence-electron chi connectivity index (χ4n) is 3.17. The van der Waals surface area contributed by atoms with Gasteiger partial charge in [0.15, 0.2) is 0 Å². The maximum Gasteiger partial charge on any atom is 0.267 e. The van der Waals surface area contributed by atoms with Gasteiger partial charge in [-0.25, -0.2) is 5.48 Å². The third-order valence-corrected chi connectivity index (χ3v) is 4.59. The van der Waals surface area contributed by atoms with E-state index < -0.39 is 5.91 Å². The van der Waals surface area contributed by atoms with Gasteiger partial charge < -0.3 is 20.9 Å². The lowest BCUT2D eigenvalue weighted by Crippen LogP contribution is -2.44. The van der Waals surface area contributed by atoms with Crippen LogP contribution in [0.15, 0.2) is 42.1 Å². The van der Waals surface area contributed by atoms with E-state index in [1.165, 1.54) is 6.08 Å². The summed E-state index contributed by atoms with van der Waals surface area (Å²) in [6.45, 7) is 4.35. The van der Waals surface area contributed by atoms with Crippen molar-refractivity contribution in [1.29, 1.82) is 5.41 Å². The molecule has 1 amide bonds. The second-order valence-corrected chi connectivity index (χ2v) is 6.61. The van der Waals surface area contributed by atoms with Crippen LogP contribution in [0.2, 0.25) is 0 Å². The number of para-hydroxylation sites is 1. The Morgan fingerprint density at radius 3 is 2.67 bits per heavy atom. The van der Waals surface area contributed by atoms with Gasteiger partial charge in [0.25, 0.3) is 5.91 Å². The molecule has 7 nitrogen and oxygen atoms in total. The third kappa shape index (κ3) is 6.54. The standard InChI is InChI=1S/C20H29N5O2/c1-15(21)13-18(22-2)14-23-17-9-11-25(12-10-17)19-6-4-3-5-16(19)7-8-20(26)24-27/h3-8,13,17,21-23,27H,9-12,14H2,1-2H3,(H,24,26)/b8-7+,18-13-,21-15?. The van der Waals surface area contributed by atoms with Crippen molar-refractivity contribution in [2.45, 2.75) is 25.8 Å². The number of hydroxylamine groups is 1. The molecule has 0 unspecified atom stereocenters. The molecule has 0 radical (unpaired) electrons. The van der Waals surface area contributed by atoms with Crippen molar-refractivity contribution in [2.24, 2.45) is 0 Å². The van der Waals surface area contributed by atoms with E-state index >= 15 is 0 Å². The lowest BCUT2D eigenvalue weighted by molar-refractivity contribution is -0.124.